The van der Waals surface area contributed by atoms with E-state index in [1.54, 1.807) is 0 Å². The Bertz CT molecular complexity index is 453. The monoisotopic (exact) mass is 305 g/mol. The minimum atomic E-state index is -4.62. The molecular formula is C9H14F3NO5S. The molecule has 112 valence electrons. The van der Waals surface area contributed by atoms with Crippen molar-refractivity contribution in [3.8, 4) is 0 Å². The van der Waals surface area contributed by atoms with Gasteiger partial charge < -0.3 is 4.74 Å². The number of ether oxygens (including phenoxy) is 1. The summed E-state index contributed by atoms with van der Waals surface area (Å²) in [6.45, 7) is 3.66. The molecule has 0 saturated carbocycles. The number of carbonyl (C=O) groups excluding carboxylic acids is 1. The maximum Gasteiger partial charge on any atom is 0.426 e. The molecule has 1 heterocycles. The first kappa shape index (κ1) is 16.0. The Kier molecular flexibility index (Phi) is 4.06. The SMILES string of the molecule is CC(C)(C)OC(=O)N1[C@@H](CC(F)(F)F)COS1(=O)=O. The molecule has 10 heteroatoms. The number of hydrogen-bond donors (Lipinski definition) is 0. The van der Waals surface area contributed by atoms with Crippen LogP contribution >= 0.6 is 0 Å². The molecule has 1 atom stereocenters. The van der Waals surface area contributed by atoms with Gasteiger partial charge in [-0.25, -0.2) is 4.79 Å². The second-order valence-corrected chi connectivity index (χ2v) is 6.48. The maximum absolute atomic E-state index is 12.3. The first-order valence-electron chi connectivity index (χ1n) is 5.30. The second-order valence-electron chi connectivity index (χ2n) is 4.99. The van der Waals surface area contributed by atoms with E-state index in [1.165, 1.54) is 20.8 Å². The molecule has 0 N–H and O–H groups in total. The van der Waals surface area contributed by atoms with Crippen LogP contribution in [0.25, 0.3) is 0 Å². The minimum absolute atomic E-state index is 0.00569. The first-order valence-corrected chi connectivity index (χ1v) is 6.67. The highest BCUT2D eigenvalue weighted by Gasteiger charge is 2.48. The van der Waals surface area contributed by atoms with E-state index in [2.05, 4.69) is 4.18 Å². The normalized spacial score (nSPS) is 23.5. The van der Waals surface area contributed by atoms with Crippen molar-refractivity contribution in [3.05, 3.63) is 0 Å². The molecule has 1 amide bonds. The molecule has 1 rings (SSSR count). The average Bonchev–Trinajstić information content (AvgIpc) is 2.34. The predicted octanol–water partition coefficient (Wildman–Crippen LogP) is 1.82. The summed E-state index contributed by atoms with van der Waals surface area (Å²) in [5, 5.41) is 0. The van der Waals surface area contributed by atoms with Gasteiger partial charge in [-0.3, -0.25) is 4.18 Å². The van der Waals surface area contributed by atoms with Crippen molar-refractivity contribution in [2.24, 2.45) is 0 Å². The fourth-order valence-electron chi connectivity index (χ4n) is 1.43. The number of halogens is 3. The van der Waals surface area contributed by atoms with Gasteiger partial charge in [0.25, 0.3) is 0 Å². The van der Waals surface area contributed by atoms with Crippen LogP contribution in [0.1, 0.15) is 27.2 Å². The number of alkyl halides is 3. The van der Waals surface area contributed by atoms with E-state index in [4.69, 9.17) is 4.74 Å². The second kappa shape index (κ2) is 4.82. The maximum atomic E-state index is 12.3. The highest BCUT2D eigenvalue weighted by atomic mass is 32.2. The Labute approximate surface area is 108 Å². The molecule has 19 heavy (non-hydrogen) atoms. The van der Waals surface area contributed by atoms with Crippen LogP contribution in [0.15, 0.2) is 0 Å². The summed E-state index contributed by atoms with van der Waals surface area (Å²) in [5.74, 6) is 0. The zero-order chi connectivity index (χ0) is 15.1. The van der Waals surface area contributed by atoms with Gasteiger partial charge in [0.15, 0.2) is 0 Å². The third-order valence-electron chi connectivity index (χ3n) is 2.02. The molecule has 0 spiro atoms. The predicted molar refractivity (Wildman–Crippen MR) is 57.4 cm³/mol. The lowest BCUT2D eigenvalue weighted by Gasteiger charge is -2.26. The number of hydrogen-bond acceptors (Lipinski definition) is 5. The smallest absolute Gasteiger partial charge is 0.426 e. The van der Waals surface area contributed by atoms with Crippen LogP contribution in [-0.4, -0.2) is 43.2 Å². The van der Waals surface area contributed by atoms with Crippen LogP contribution in [0.3, 0.4) is 0 Å². The quantitative estimate of drug-likeness (QED) is 0.739. The number of carbonyl (C=O) groups is 1. The fourth-order valence-corrected chi connectivity index (χ4v) is 2.59. The Hall–Kier alpha value is -1.03. The standard InChI is InChI=1S/C9H14F3NO5S/c1-8(2,3)18-7(14)13-6(4-9(10,11)12)5-17-19(13,15)16/h6H,4-5H2,1-3H3/t6-/m0/s1. The van der Waals surface area contributed by atoms with Gasteiger partial charge in [-0.05, 0) is 20.8 Å². The van der Waals surface area contributed by atoms with E-state index in [0.717, 1.165) is 0 Å². The molecule has 0 radical (unpaired) electrons. The summed E-state index contributed by atoms with van der Waals surface area (Å²) < 4.78 is 68.8. The molecule has 0 aromatic heterocycles. The largest absolute Gasteiger partial charge is 0.443 e. The lowest BCUT2D eigenvalue weighted by molar-refractivity contribution is -0.143. The number of rotatable bonds is 1. The third-order valence-corrected chi connectivity index (χ3v) is 3.39. The highest BCUT2D eigenvalue weighted by Crippen LogP contribution is 2.31. The Morgan fingerprint density at radius 1 is 1.37 bits per heavy atom. The van der Waals surface area contributed by atoms with Crippen LogP contribution < -0.4 is 0 Å². The molecule has 0 aromatic carbocycles. The molecule has 1 aliphatic heterocycles. The van der Waals surface area contributed by atoms with Gasteiger partial charge in [-0.15, -0.1) is 0 Å². The highest BCUT2D eigenvalue weighted by molar-refractivity contribution is 7.85. The molecule has 6 nitrogen and oxygen atoms in total. The summed E-state index contributed by atoms with van der Waals surface area (Å²) >= 11 is 0. The molecule has 1 aliphatic rings. The van der Waals surface area contributed by atoms with Crippen LogP contribution in [0.5, 0.6) is 0 Å². The molecule has 1 fully saturated rings. The summed E-state index contributed by atoms with van der Waals surface area (Å²) in [6, 6.07) is -1.64. The summed E-state index contributed by atoms with van der Waals surface area (Å²) in [6.07, 6.45) is -7.47. The van der Waals surface area contributed by atoms with E-state index < -0.39 is 47.2 Å². The van der Waals surface area contributed by atoms with Gasteiger partial charge >= 0.3 is 22.6 Å². The van der Waals surface area contributed by atoms with Crippen molar-refractivity contribution in [3.63, 3.8) is 0 Å². The summed E-state index contributed by atoms with van der Waals surface area (Å²) in [5.41, 5.74) is -1.03. The Morgan fingerprint density at radius 3 is 2.32 bits per heavy atom. The molecule has 0 unspecified atom stereocenters. The summed E-state index contributed by atoms with van der Waals surface area (Å²) in [4.78, 5) is 11.7. The van der Waals surface area contributed by atoms with Crippen LogP contribution in [0.4, 0.5) is 18.0 Å². The van der Waals surface area contributed by atoms with Crippen molar-refractivity contribution in [1.82, 2.24) is 4.31 Å². The lowest BCUT2D eigenvalue weighted by Crippen LogP contribution is -2.44. The fraction of sp³-hybridized carbons (Fsp3) is 0.889. The Balaban J connectivity index is 2.94. The summed E-state index contributed by atoms with van der Waals surface area (Å²) in [7, 11) is -4.52. The van der Waals surface area contributed by atoms with Crippen molar-refractivity contribution in [1.29, 1.82) is 0 Å². The van der Waals surface area contributed by atoms with Crippen LogP contribution in [-0.2, 0) is 19.2 Å². The average molecular weight is 305 g/mol. The minimum Gasteiger partial charge on any atom is -0.443 e. The third kappa shape index (κ3) is 4.53. The molecule has 0 bridgehead atoms. The van der Waals surface area contributed by atoms with Gasteiger partial charge in [-0.1, -0.05) is 0 Å². The number of nitrogens with zero attached hydrogens (tertiary/aromatic N) is 1. The first-order chi connectivity index (χ1) is 8.32. The Morgan fingerprint density at radius 2 is 1.89 bits per heavy atom. The van der Waals surface area contributed by atoms with Gasteiger partial charge in [0.1, 0.15) is 5.60 Å². The van der Waals surface area contributed by atoms with Crippen LogP contribution in [0, 0.1) is 0 Å². The molecule has 0 aromatic rings. The van der Waals surface area contributed by atoms with E-state index in [0.29, 0.717) is 0 Å². The van der Waals surface area contributed by atoms with E-state index in [9.17, 15) is 26.4 Å². The zero-order valence-corrected chi connectivity index (χ0v) is 11.3. The van der Waals surface area contributed by atoms with Crippen LogP contribution in [0.2, 0.25) is 0 Å². The van der Waals surface area contributed by atoms with Crippen molar-refractivity contribution < 1.29 is 35.3 Å². The van der Waals surface area contributed by atoms with E-state index in [1.807, 2.05) is 0 Å². The van der Waals surface area contributed by atoms with Crippen molar-refractivity contribution in [2.45, 2.75) is 45.0 Å². The molecule has 0 aliphatic carbocycles. The topological polar surface area (TPSA) is 72.9 Å². The lowest BCUT2D eigenvalue weighted by atomic mass is 10.2. The van der Waals surface area contributed by atoms with Gasteiger partial charge in [0.05, 0.1) is 19.1 Å². The van der Waals surface area contributed by atoms with Crippen molar-refractivity contribution >= 4 is 16.4 Å². The van der Waals surface area contributed by atoms with Gasteiger partial charge in [0, 0.05) is 0 Å². The van der Waals surface area contributed by atoms with Gasteiger partial charge in [-0.2, -0.15) is 25.9 Å². The zero-order valence-electron chi connectivity index (χ0n) is 10.5. The van der Waals surface area contributed by atoms with E-state index in [-0.39, 0.29) is 4.31 Å². The van der Waals surface area contributed by atoms with Gasteiger partial charge in [0.2, 0.25) is 0 Å². The van der Waals surface area contributed by atoms with Crippen molar-refractivity contribution in [2.75, 3.05) is 6.61 Å². The van der Waals surface area contributed by atoms with E-state index >= 15 is 0 Å². The number of amides is 1. The molecule has 1 saturated heterocycles. The molecular weight excluding hydrogens is 291 g/mol.